The number of nitrogens with zero attached hydrogens (tertiary/aromatic N) is 3. The van der Waals surface area contributed by atoms with E-state index in [1.54, 1.807) is 0 Å². The Labute approximate surface area is 152 Å². The molecular weight excluding hydrogens is 349 g/mol. The maximum Gasteiger partial charge on any atom is 0.401 e. The number of aliphatic imine (C=N–C) groups is 1. The fourth-order valence-corrected chi connectivity index (χ4v) is 3.59. The number of hydrogen-bond acceptors (Lipinski definition) is 4. The van der Waals surface area contributed by atoms with Crippen LogP contribution in [0.2, 0.25) is 0 Å². The first-order valence-corrected chi connectivity index (χ1v) is 9.22. The molecule has 1 unspecified atom stereocenters. The van der Waals surface area contributed by atoms with Gasteiger partial charge in [0.25, 0.3) is 0 Å². The summed E-state index contributed by atoms with van der Waals surface area (Å²) in [6.45, 7) is 4.74. The largest absolute Gasteiger partial charge is 0.469 e. The number of piperidine rings is 1. The summed E-state index contributed by atoms with van der Waals surface area (Å²) in [4.78, 5) is 19.8. The molecule has 2 saturated heterocycles. The first kappa shape index (κ1) is 20.8. The van der Waals surface area contributed by atoms with E-state index in [2.05, 4.69) is 15.2 Å². The second kappa shape index (κ2) is 9.43. The van der Waals surface area contributed by atoms with Crippen molar-refractivity contribution in [1.29, 1.82) is 0 Å². The Morgan fingerprint density at radius 3 is 2.50 bits per heavy atom. The molecule has 0 amide bonds. The predicted molar refractivity (Wildman–Crippen MR) is 92.9 cm³/mol. The topological polar surface area (TPSA) is 57.2 Å². The van der Waals surface area contributed by atoms with Gasteiger partial charge in [-0.1, -0.05) is 0 Å². The Morgan fingerprint density at radius 1 is 1.23 bits per heavy atom. The second-order valence-corrected chi connectivity index (χ2v) is 6.98. The van der Waals surface area contributed by atoms with Crippen LogP contribution in [0.4, 0.5) is 13.2 Å². The summed E-state index contributed by atoms with van der Waals surface area (Å²) in [6.07, 6.45) is -1.96. The van der Waals surface area contributed by atoms with Crippen LogP contribution in [0.5, 0.6) is 0 Å². The summed E-state index contributed by atoms with van der Waals surface area (Å²) in [6, 6.07) is 0. The van der Waals surface area contributed by atoms with Crippen LogP contribution in [0.3, 0.4) is 0 Å². The lowest BCUT2D eigenvalue weighted by Gasteiger charge is -2.33. The molecule has 0 radical (unpaired) electrons. The van der Waals surface area contributed by atoms with Gasteiger partial charge in [-0.05, 0) is 38.6 Å². The van der Waals surface area contributed by atoms with E-state index in [1.807, 2.05) is 6.92 Å². The van der Waals surface area contributed by atoms with Gasteiger partial charge in [0, 0.05) is 32.7 Å². The molecule has 2 fully saturated rings. The molecule has 1 atom stereocenters. The van der Waals surface area contributed by atoms with Gasteiger partial charge in [0.2, 0.25) is 0 Å². The quantitative estimate of drug-likeness (QED) is 0.449. The smallest absolute Gasteiger partial charge is 0.401 e. The van der Waals surface area contributed by atoms with E-state index in [0.717, 1.165) is 44.9 Å². The van der Waals surface area contributed by atoms with Gasteiger partial charge < -0.3 is 15.0 Å². The monoisotopic (exact) mass is 378 g/mol. The predicted octanol–water partition coefficient (Wildman–Crippen LogP) is 1.72. The van der Waals surface area contributed by atoms with Crippen molar-refractivity contribution in [3.05, 3.63) is 0 Å². The van der Waals surface area contributed by atoms with Crippen molar-refractivity contribution in [3.63, 3.8) is 0 Å². The Hall–Kier alpha value is -1.51. The summed E-state index contributed by atoms with van der Waals surface area (Å²) < 4.78 is 42.3. The van der Waals surface area contributed by atoms with Gasteiger partial charge in [-0.2, -0.15) is 13.2 Å². The number of methoxy groups -OCH3 is 1. The van der Waals surface area contributed by atoms with E-state index in [-0.39, 0.29) is 17.8 Å². The van der Waals surface area contributed by atoms with E-state index in [0.29, 0.717) is 19.6 Å². The summed E-state index contributed by atoms with van der Waals surface area (Å²) in [5.41, 5.74) is 0. The molecule has 0 saturated carbocycles. The number of likely N-dealkylation sites (tertiary alicyclic amines) is 2. The standard InChI is InChI=1S/C17H29F3N4O2/c1-3-21-16(24-8-5-14(6-9-24)15(25)26-2)22-10-13-4-7-23(11-13)12-17(18,19)20/h13-14H,3-12H2,1-2H3,(H,21,22). The molecule has 0 aliphatic carbocycles. The highest BCUT2D eigenvalue weighted by atomic mass is 19.4. The van der Waals surface area contributed by atoms with E-state index in [9.17, 15) is 18.0 Å². The molecule has 0 spiro atoms. The fourth-order valence-electron chi connectivity index (χ4n) is 3.59. The molecule has 2 rings (SSSR count). The third kappa shape index (κ3) is 6.34. The normalized spacial score (nSPS) is 23.3. The van der Waals surface area contributed by atoms with Gasteiger partial charge >= 0.3 is 12.1 Å². The summed E-state index contributed by atoms with van der Waals surface area (Å²) in [5.74, 6) is 0.705. The van der Waals surface area contributed by atoms with Crippen molar-refractivity contribution in [2.45, 2.75) is 32.4 Å². The number of carbonyl (C=O) groups excluding carboxylic acids is 1. The number of carbonyl (C=O) groups is 1. The van der Waals surface area contributed by atoms with Crippen LogP contribution >= 0.6 is 0 Å². The van der Waals surface area contributed by atoms with Crippen LogP contribution in [-0.4, -0.2) is 80.8 Å². The fraction of sp³-hybridized carbons (Fsp3) is 0.882. The molecule has 1 N–H and O–H groups in total. The first-order chi connectivity index (χ1) is 12.3. The number of guanidine groups is 1. The minimum absolute atomic E-state index is 0.0649. The average Bonchev–Trinajstić information content (AvgIpc) is 3.03. The highest BCUT2D eigenvalue weighted by Gasteiger charge is 2.34. The number of hydrogen-bond donors (Lipinski definition) is 1. The van der Waals surface area contributed by atoms with E-state index >= 15 is 0 Å². The molecule has 6 nitrogen and oxygen atoms in total. The SMILES string of the molecule is CCNC(=NCC1CCN(CC(F)(F)F)C1)N1CCC(C(=O)OC)CC1. The lowest BCUT2D eigenvalue weighted by Crippen LogP contribution is -2.47. The molecule has 0 aromatic rings. The maximum absolute atomic E-state index is 12.5. The van der Waals surface area contributed by atoms with Crippen LogP contribution in [0.25, 0.3) is 0 Å². The van der Waals surface area contributed by atoms with Gasteiger partial charge in [0.05, 0.1) is 19.6 Å². The molecular formula is C17H29F3N4O2. The summed E-state index contributed by atoms with van der Waals surface area (Å²) in [5, 5.41) is 3.25. The minimum atomic E-state index is -4.14. The molecule has 9 heteroatoms. The van der Waals surface area contributed by atoms with E-state index in [1.165, 1.54) is 12.0 Å². The van der Waals surface area contributed by atoms with Crippen molar-refractivity contribution in [2.24, 2.45) is 16.8 Å². The number of nitrogens with one attached hydrogen (secondary N) is 1. The molecule has 2 heterocycles. The average molecular weight is 378 g/mol. The third-order valence-electron chi connectivity index (χ3n) is 4.94. The Balaban J connectivity index is 1.85. The zero-order valence-corrected chi connectivity index (χ0v) is 15.5. The van der Waals surface area contributed by atoms with Crippen LogP contribution in [0.1, 0.15) is 26.2 Å². The second-order valence-electron chi connectivity index (χ2n) is 6.98. The first-order valence-electron chi connectivity index (χ1n) is 9.22. The number of ether oxygens (including phenoxy) is 1. The number of esters is 1. The molecule has 2 aliphatic heterocycles. The molecule has 2 aliphatic rings. The van der Waals surface area contributed by atoms with Crippen molar-refractivity contribution in [3.8, 4) is 0 Å². The zero-order chi connectivity index (χ0) is 19.2. The maximum atomic E-state index is 12.5. The summed E-state index contributed by atoms with van der Waals surface area (Å²) in [7, 11) is 1.41. The minimum Gasteiger partial charge on any atom is -0.469 e. The van der Waals surface area contributed by atoms with Crippen LogP contribution in [0, 0.1) is 11.8 Å². The Bertz CT molecular complexity index is 491. The van der Waals surface area contributed by atoms with Crippen LogP contribution in [-0.2, 0) is 9.53 Å². The highest BCUT2D eigenvalue weighted by Crippen LogP contribution is 2.23. The molecule has 0 aromatic heterocycles. The van der Waals surface area contributed by atoms with Crippen LogP contribution in [0.15, 0.2) is 4.99 Å². The van der Waals surface area contributed by atoms with E-state index in [4.69, 9.17) is 4.74 Å². The van der Waals surface area contributed by atoms with Gasteiger partial charge in [-0.25, -0.2) is 0 Å². The molecule has 150 valence electrons. The van der Waals surface area contributed by atoms with Gasteiger partial charge in [-0.15, -0.1) is 0 Å². The van der Waals surface area contributed by atoms with Gasteiger partial charge in [-0.3, -0.25) is 14.7 Å². The Kier molecular flexibility index (Phi) is 7.55. The highest BCUT2D eigenvalue weighted by molar-refractivity contribution is 5.80. The number of alkyl halides is 3. The van der Waals surface area contributed by atoms with Gasteiger partial charge in [0.1, 0.15) is 0 Å². The summed E-state index contributed by atoms with van der Waals surface area (Å²) >= 11 is 0. The number of halogens is 3. The lowest BCUT2D eigenvalue weighted by atomic mass is 9.97. The van der Waals surface area contributed by atoms with Crippen LogP contribution < -0.4 is 5.32 Å². The zero-order valence-electron chi connectivity index (χ0n) is 15.5. The molecule has 0 bridgehead atoms. The van der Waals surface area contributed by atoms with Crippen molar-refractivity contribution < 1.29 is 22.7 Å². The van der Waals surface area contributed by atoms with Crippen molar-refractivity contribution in [1.82, 2.24) is 15.1 Å². The number of rotatable bonds is 5. The van der Waals surface area contributed by atoms with E-state index < -0.39 is 12.7 Å². The van der Waals surface area contributed by atoms with Gasteiger partial charge in [0.15, 0.2) is 5.96 Å². The third-order valence-corrected chi connectivity index (χ3v) is 4.94. The van der Waals surface area contributed by atoms with Crippen molar-refractivity contribution >= 4 is 11.9 Å². The molecule has 0 aromatic carbocycles. The molecule has 26 heavy (non-hydrogen) atoms. The van der Waals surface area contributed by atoms with Crippen molar-refractivity contribution in [2.75, 3.05) is 52.9 Å². The lowest BCUT2D eigenvalue weighted by molar-refractivity contribution is -0.146. The Morgan fingerprint density at radius 2 is 1.92 bits per heavy atom.